The lowest BCUT2D eigenvalue weighted by Gasteiger charge is -2.15. The zero-order chi connectivity index (χ0) is 15.2. The number of aromatic nitrogens is 1. The molecular formula is C17H20N2O2. The van der Waals surface area contributed by atoms with Gasteiger partial charge in [0.05, 0.1) is 6.10 Å². The zero-order valence-corrected chi connectivity index (χ0v) is 12.4. The van der Waals surface area contributed by atoms with E-state index in [4.69, 9.17) is 15.2 Å². The molecule has 110 valence electrons. The molecule has 0 amide bonds. The van der Waals surface area contributed by atoms with Crippen LogP contribution in [0, 0.1) is 0 Å². The van der Waals surface area contributed by atoms with E-state index in [1.165, 1.54) is 0 Å². The van der Waals surface area contributed by atoms with E-state index in [0.717, 1.165) is 5.56 Å². The van der Waals surface area contributed by atoms with E-state index in [9.17, 15) is 0 Å². The van der Waals surface area contributed by atoms with E-state index in [2.05, 4.69) is 11.6 Å². The molecule has 1 aromatic carbocycles. The highest BCUT2D eigenvalue weighted by molar-refractivity contribution is 5.50. The van der Waals surface area contributed by atoms with Gasteiger partial charge in [0.15, 0.2) is 5.75 Å². The highest BCUT2D eigenvalue weighted by Gasteiger charge is 2.11. The molecule has 0 aliphatic carbocycles. The van der Waals surface area contributed by atoms with Gasteiger partial charge in [-0.25, -0.2) is 4.98 Å². The predicted molar refractivity (Wildman–Crippen MR) is 84.8 cm³/mol. The Morgan fingerprint density at radius 2 is 2.10 bits per heavy atom. The maximum Gasteiger partial charge on any atom is 0.262 e. The minimum Gasteiger partial charge on any atom is -0.485 e. The number of anilines is 1. The summed E-state index contributed by atoms with van der Waals surface area (Å²) < 4.78 is 11.6. The molecule has 21 heavy (non-hydrogen) atoms. The third-order valence-electron chi connectivity index (χ3n) is 2.75. The summed E-state index contributed by atoms with van der Waals surface area (Å²) in [5.41, 5.74) is 7.47. The largest absolute Gasteiger partial charge is 0.485 e. The van der Waals surface area contributed by atoms with Gasteiger partial charge in [-0.05, 0) is 50.6 Å². The van der Waals surface area contributed by atoms with Crippen LogP contribution >= 0.6 is 0 Å². The molecule has 4 nitrogen and oxygen atoms in total. The lowest BCUT2D eigenvalue weighted by molar-refractivity contribution is 0.231. The summed E-state index contributed by atoms with van der Waals surface area (Å²) in [6.07, 6.45) is 4.21. The molecule has 0 saturated carbocycles. The minimum absolute atomic E-state index is 0.0515. The number of allylic oxidation sites excluding steroid dienone is 1. The molecule has 0 spiro atoms. The summed E-state index contributed by atoms with van der Waals surface area (Å²) in [6, 6.07) is 9.17. The Kier molecular flexibility index (Phi) is 4.82. The fourth-order valence-corrected chi connectivity index (χ4v) is 1.91. The van der Waals surface area contributed by atoms with Gasteiger partial charge in [-0.15, -0.1) is 6.58 Å². The van der Waals surface area contributed by atoms with Crippen LogP contribution in [0.4, 0.5) is 5.69 Å². The second-order valence-electron chi connectivity index (χ2n) is 4.94. The van der Waals surface area contributed by atoms with E-state index in [1.54, 1.807) is 12.3 Å². The summed E-state index contributed by atoms with van der Waals surface area (Å²) in [7, 11) is 0. The van der Waals surface area contributed by atoms with Gasteiger partial charge in [0, 0.05) is 17.4 Å². The number of pyridine rings is 1. The first kappa shape index (κ1) is 14.9. The van der Waals surface area contributed by atoms with Crippen molar-refractivity contribution in [2.24, 2.45) is 0 Å². The van der Waals surface area contributed by atoms with Crippen LogP contribution in [-0.4, -0.2) is 11.1 Å². The van der Waals surface area contributed by atoms with Crippen LogP contribution in [0.1, 0.15) is 19.4 Å². The van der Waals surface area contributed by atoms with Crippen molar-refractivity contribution in [3.05, 3.63) is 54.7 Å². The van der Waals surface area contributed by atoms with E-state index in [1.807, 2.05) is 44.2 Å². The topological polar surface area (TPSA) is 57.4 Å². The Morgan fingerprint density at radius 3 is 2.81 bits per heavy atom. The first-order chi connectivity index (χ1) is 10.1. The van der Waals surface area contributed by atoms with Gasteiger partial charge >= 0.3 is 0 Å². The SMILES string of the molecule is C=CCc1cc(N)ccc1Oc1ncccc1OC(C)C. The minimum atomic E-state index is 0.0515. The smallest absolute Gasteiger partial charge is 0.262 e. The molecule has 0 aliphatic rings. The Bertz CT molecular complexity index is 624. The van der Waals surface area contributed by atoms with Crippen LogP contribution in [0.5, 0.6) is 17.4 Å². The number of hydrogen-bond acceptors (Lipinski definition) is 4. The number of hydrogen-bond donors (Lipinski definition) is 1. The lowest BCUT2D eigenvalue weighted by atomic mass is 10.1. The van der Waals surface area contributed by atoms with Gasteiger partial charge in [-0.3, -0.25) is 0 Å². The average molecular weight is 284 g/mol. The second kappa shape index (κ2) is 6.79. The number of rotatable bonds is 6. The molecule has 0 unspecified atom stereocenters. The van der Waals surface area contributed by atoms with Gasteiger partial charge < -0.3 is 15.2 Å². The Morgan fingerprint density at radius 1 is 1.29 bits per heavy atom. The van der Waals surface area contributed by atoms with Crippen molar-refractivity contribution in [3.63, 3.8) is 0 Å². The quantitative estimate of drug-likeness (QED) is 0.644. The zero-order valence-electron chi connectivity index (χ0n) is 12.4. The first-order valence-electron chi connectivity index (χ1n) is 6.89. The molecule has 1 heterocycles. The molecule has 0 radical (unpaired) electrons. The monoisotopic (exact) mass is 284 g/mol. The van der Waals surface area contributed by atoms with Gasteiger partial charge in [-0.2, -0.15) is 0 Å². The highest BCUT2D eigenvalue weighted by Crippen LogP contribution is 2.32. The summed E-state index contributed by atoms with van der Waals surface area (Å²) in [6.45, 7) is 7.68. The Balaban J connectivity index is 2.32. The van der Waals surface area contributed by atoms with Crippen molar-refractivity contribution in [2.45, 2.75) is 26.4 Å². The van der Waals surface area contributed by atoms with E-state index in [-0.39, 0.29) is 6.10 Å². The van der Waals surface area contributed by atoms with Crippen molar-refractivity contribution < 1.29 is 9.47 Å². The summed E-state index contributed by atoms with van der Waals surface area (Å²) in [5, 5.41) is 0. The third kappa shape index (κ3) is 3.99. The number of nitrogens with two attached hydrogens (primary N) is 1. The van der Waals surface area contributed by atoms with Crippen LogP contribution in [0.25, 0.3) is 0 Å². The van der Waals surface area contributed by atoms with Crippen molar-refractivity contribution in [1.82, 2.24) is 4.98 Å². The molecule has 2 rings (SSSR count). The van der Waals surface area contributed by atoms with Crippen molar-refractivity contribution in [2.75, 3.05) is 5.73 Å². The summed E-state index contributed by atoms with van der Waals surface area (Å²) in [4.78, 5) is 4.25. The number of benzene rings is 1. The molecule has 2 N–H and O–H groups in total. The Labute approximate surface area is 125 Å². The van der Waals surface area contributed by atoms with Gasteiger partial charge in [0.1, 0.15) is 5.75 Å². The average Bonchev–Trinajstić information content (AvgIpc) is 2.43. The van der Waals surface area contributed by atoms with Crippen molar-refractivity contribution >= 4 is 5.69 Å². The van der Waals surface area contributed by atoms with Crippen LogP contribution in [0.3, 0.4) is 0 Å². The fourth-order valence-electron chi connectivity index (χ4n) is 1.91. The molecule has 0 fully saturated rings. The van der Waals surface area contributed by atoms with Crippen LogP contribution in [-0.2, 0) is 6.42 Å². The summed E-state index contributed by atoms with van der Waals surface area (Å²) >= 11 is 0. The molecule has 0 bridgehead atoms. The lowest BCUT2D eigenvalue weighted by Crippen LogP contribution is -2.07. The molecule has 1 aromatic heterocycles. The molecule has 0 atom stereocenters. The Hall–Kier alpha value is -2.49. The number of nitrogens with zero attached hydrogens (tertiary/aromatic N) is 1. The normalized spacial score (nSPS) is 10.4. The predicted octanol–water partition coefficient (Wildman–Crippen LogP) is 3.97. The van der Waals surface area contributed by atoms with Crippen LogP contribution < -0.4 is 15.2 Å². The standard InChI is InChI=1S/C17H20N2O2/c1-4-6-13-11-14(18)8-9-15(13)21-17-16(20-12(2)3)7-5-10-19-17/h4-5,7-12H,1,6,18H2,2-3H3. The number of ether oxygens (including phenoxy) is 2. The molecule has 0 aliphatic heterocycles. The van der Waals surface area contributed by atoms with E-state index < -0.39 is 0 Å². The van der Waals surface area contributed by atoms with Gasteiger partial charge in [0.2, 0.25) is 0 Å². The maximum atomic E-state index is 5.91. The fraction of sp³-hybridized carbons (Fsp3) is 0.235. The van der Waals surface area contributed by atoms with Crippen molar-refractivity contribution in [3.8, 4) is 17.4 Å². The second-order valence-corrected chi connectivity index (χ2v) is 4.94. The molecule has 4 heteroatoms. The van der Waals surface area contributed by atoms with Crippen molar-refractivity contribution in [1.29, 1.82) is 0 Å². The molecule has 0 saturated heterocycles. The van der Waals surface area contributed by atoms with Gasteiger partial charge in [0.25, 0.3) is 5.88 Å². The highest BCUT2D eigenvalue weighted by atomic mass is 16.5. The maximum absolute atomic E-state index is 5.91. The molecule has 2 aromatic rings. The summed E-state index contributed by atoms with van der Waals surface area (Å²) in [5.74, 6) is 1.77. The first-order valence-corrected chi connectivity index (χ1v) is 6.89. The van der Waals surface area contributed by atoms with E-state index in [0.29, 0.717) is 29.5 Å². The van der Waals surface area contributed by atoms with Crippen LogP contribution in [0.15, 0.2) is 49.2 Å². The number of nitrogen functional groups attached to an aromatic ring is 1. The van der Waals surface area contributed by atoms with E-state index >= 15 is 0 Å². The van der Waals surface area contributed by atoms with Gasteiger partial charge in [-0.1, -0.05) is 6.08 Å². The van der Waals surface area contributed by atoms with Crippen LogP contribution in [0.2, 0.25) is 0 Å². The third-order valence-corrected chi connectivity index (χ3v) is 2.75. The molecular weight excluding hydrogens is 264 g/mol.